The molecule has 0 bridgehead atoms. The fourth-order valence-corrected chi connectivity index (χ4v) is 2.57. The van der Waals surface area contributed by atoms with Crippen LogP contribution in [-0.4, -0.2) is 18.5 Å². The first-order valence-electron chi connectivity index (χ1n) is 7.93. The van der Waals surface area contributed by atoms with E-state index >= 15 is 0 Å². The number of rotatable bonds is 7. The lowest BCUT2D eigenvalue weighted by molar-refractivity contribution is -0.120. The Bertz CT molecular complexity index is 593. The van der Waals surface area contributed by atoms with Crippen molar-refractivity contribution in [1.29, 1.82) is 0 Å². The highest BCUT2D eigenvalue weighted by molar-refractivity contribution is 5.78. The van der Waals surface area contributed by atoms with E-state index in [4.69, 9.17) is 0 Å². The standard InChI is InChI=1S/C19H22N2O/c22-19(21-17-11-12-17)14-20-18(16-9-5-2-6-10-16)13-15-7-3-1-4-8-15/h1-10,17-18,20H,11-14H2,(H,21,22)/t18-/m1/s1. The molecule has 114 valence electrons. The second-order valence-electron chi connectivity index (χ2n) is 5.88. The Labute approximate surface area is 131 Å². The molecule has 1 aliphatic rings. The van der Waals surface area contributed by atoms with E-state index < -0.39 is 0 Å². The Morgan fingerprint density at radius 3 is 2.27 bits per heavy atom. The molecule has 0 radical (unpaired) electrons. The van der Waals surface area contributed by atoms with Crippen molar-refractivity contribution < 1.29 is 4.79 Å². The molecule has 0 unspecified atom stereocenters. The summed E-state index contributed by atoms with van der Waals surface area (Å²) in [6.45, 7) is 0.364. The largest absolute Gasteiger partial charge is 0.352 e. The van der Waals surface area contributed by atoms with E-state index in [2.05, 4.69) is 47.0 Å². The minimum atomic E-state index is 0.0940. The van der Waals surface area contributed by atoms with Crippen molar-refractivity contribution in [1.82, 2.24) is 10.6 Å². The lowest BCUT2D eigenvalue weighted by Gasteiger charge is -2.19. The van der Waals surface area contributed by atoms with Gasteiger partial charge in [0.05, 0.1) is 6.54 Å². The number of nitrogens with one attached hydrogen (secondary N) is 2. The van der Waals surface area contributed by atoms with E-state index in [0.717, 1.165) is 19.3 Å². The van der Waals surface area contributed by atoms with Crippen LogP contribution in [-0.2, 0) is 11.2 Å². The maximum absolute atomic E-state index is 11.9. The van der Waals surface area contributed by atoms with Crippen molar-refractivity contribution in [2.24, 2.45) is 0 Å². The zero-order chi connectivity index (χ0) is 15.2. The van der Waals surface area contributed by atoms with Gasteiger partial charge in [-0.25, -0.2) is 0 Å². The second-order valence-corrected chi connectivity index (χ2v) is 5.88. The van der Waals surface area contributed by atoms with Crippen LogP contribution in [0.3, 0.4) is 0 Å². The molecule has 1 saturated carbocycles. The molecule has 3 rings (SSSR count). The molecular weight excluding hydrogens is 272 g/mol. The van der Waals surface area contributed by atoms with Crippen LogP contribution in [0.2, 0.25) is 0 Å². The lowest BCUT2D eigenvalue weighted by atomic mass is 9.99. The van der Waals surface area contributed by atoms with Gasteiger partial charge in [0.1, 0.15) is 0 Å². The number of hydrogen-bond donors (Lipinski definition) is 2. The highest BCUT2D eigenvalue weighted by Gasteiger charge is 2.23. The zero-order valence-electron chi connectivity index (χ0n) is 12.7. The summed E-state index contributed by atoms with van der Waals surface area (Å²) in [6, 6.07) is 21.3. The van der Waals surface area contributed by atoms with Gasteiger partial charge in [-0.05, 0) is 30.4 Å². The third-order valence-corrected chi connectivity index (χ3v) is 3.94. The Balaban J connectivity index is 1.64. The Hall–Kier alpha value is -2.13. The third-order valence-electron chi connectivity index (χ3n) is 3.94. The molecule has 1 amide bonds. The molecule has 0 saturated heterocycles. The monoisotopic (exact) mass is 294 g/mol. The normalized spacial score (nSPS) is 15.3. The molecule has 0 aromatic heterocycles. The molecule has 2 N–H and O–H groups in total. The summed E-state index contributed by atoms with van der Waals surface area (Å²) in [6.07, 6.45) is 3.12. The number of carbonyl (C=O) groups is 1. The highest BCUT2D eigenvalue weighted by atomic mass is 16.2. The van der Waals surface area contributed by atoms with E-state index in [1.54, 1.807) is 0 Å². The first-order chi connectivity index (χ1) is 10.8. The first kappa shape index (κ1) is 14.8. The maximum Gasteiger partial charge on any atom is 0.234 e. The zero-order valence-corrected chi connectivity index (χ0v) is 12.7. The Morgan fingerprint density at radius 2 is 1.64 bits per heavy atom. The van der Waals surface area contributed by atoms with Crippen molar-refractivity contribution in [3.8, 4) is 0 Å². The van der Waals surface area contributed by atoms with Gasteiger partial charge in [-0.1, -0.05) is 60.7 Å². The van der Waals surface area contributed by atoms with Gasteiger partial charge < -0.3 is 10.6 Å². The number of hydrogen-bond acceptors (Lipinski definition) is 2. The molecule has 2 aromatic rings. The average Bonchev–Trinajstić information content (AvgIpc) is 3.37. The topological polar surface area (TPSA) is 41.1 Å². The summed E-state index contributed by atoms with van der Waals surface area (Å²) in [5.74, 6) is 0.0940. The predicted molar refractivity (Wildman–Crippen MR) is 88.5 cm³/mol. The lowest BCUT2D eigenvalue weighted by Crippen LogP contribution is -2.37. The van der Waals surface area contributed by atoms with Gasteiger partial charge in [0.2, 0.25) is 5.91 Å². The van der Waals surface area contributed by atoms with E-state index in [0.29, 0.717) is 12.6 Å². The molecule has 1 fully saturated rings. The molecule has 0 aliphatic heterocycles. The van der Waals surface area contributed by atoms with Crippen LogP contribution in [0.5, 0.6) is 0 Å². The van der Waals surface area contributed by atoms with Crippen molar-refractivity contribution in [3.63, 3.8) is 0 Å². The average molecular weight is 294 g/mol. The van der Waals surface area contributed by atoms with Gasteiger partial charge in [0.15, 0.2) is 0 Å². The van der Waals surface area contributed by atoms with Gasteiger partial charge in [-0.3, -0.25) is 4.79 Å². The minimum absolute atomic E-state index is 0.0940. The molecular formula is C19H22N2O. The number of amides is 1. The van der Waals surface area contributed by atoms with Gasteiger partial charge >= 0.3 is 0 Å². The van der Waals surface area contributed by atoms with Crippen molar-refractivity contribution in [2.75, 3.05) is 6.54 Å². The van der Waals surface area contributed by atoms with Gasteiger partial charge in [0, 0.05) is 12.1 Å². The summed E-state index contributed by atoms with van der Waals surface area (Å²) in [5.41, 5.74) is 2.48. The first-order valence-corrected chi connectivity index (χ1v) is 7.93. The smallest absolute Gasteiger partial charge is 0.234 e. The van der Waals surface area contributed by atoms with Crippen LogP contribution in [0.25, 0.3) is 0 Å². The number of carbonyl (C=O) groups excluding carboxylic acids is 1. The fourth-order valence-electron chi connectivity index (χ4n) is 2.57. The van der Waals surface area contributed by atoms with Crippen LogP contribution < -0.4 is 10.6 Å². The molecule has 22 heavy (non-hydrogen) atoms. The van der Waals surface area contributed by atoms with Crippen molar-refractivity contribution in [2.45, 2.75) is 31.3 Å². The maximum atomic E-state index is 11.9. The van der Waals surface area contributed by atoms with Crippen LogP contribution in [0.4, 0.5) is 0 Å². The molecule has 0 spiro atoms. The quantitative estimate of drug-likeness (QED) is 0.824. The van der Waals surface area contributed by atoms with E-state index in [1.165, 1.54) is 11.1 Å². The molecule has 1 atom stereocenters. The SMILES string of the molecule is O=C(CN[C@H](Cc1ccccc1)c1ccccc1)NC1CC1. The number of benzene rings is 2. The molecule has 3 nitrogen and oxygen atoms in total. The summed E-state index contributed by atoms with van der Waals surface area (Å²) >= 11 is 0. The highest BCUT2D eigenvalue weighted by Crippen LogP contribution is 2.19. The molecule has 0 heterocycles. The third kappa shape index (κ3) is 4.43. The second kappa shape index (κ2) is 7.23. The van der Waals surface area contributed by atoms with E-state index in [9.17, 15) is 4.79 Å². The van der Waals surface area contributed by atoms with Crippen LogP contribution >= 0.6 is 0 Å². The van der Waals surface area contributed by atoms with Crippen molar-refractivity contribution >= 4 is 5.91 Å². The summed E-state index contributed by atoms with van der Waals surface area (Å²) in [7, 11) is 0. The Morgan fingerprint density at radius 1 is 1.00 bits per heavy atom. The van der Waals surface area contributed by atoms with Crippen LogP contribution in [0, 0.1) is 0 Å². The molecule has 2 aromatic carbocycles. The summed E-state index contributed by atoms with van der Waals surface area (Å²) in [4.78, 5) is 11.9. The van der Waals surface area contributed by atoms with Gasteiger partial charge in [-0.2, -0.15) is 0 Å². The van der Waals surface area contributed by atoms with Gasteiger partial charge in [-0.15, -0.1) is 0 Å². The van der Waals surface area contributed by atoms with E-state index in [-0.39, 0.29) is 11.9 Å². The van der Waals surface area contributed by atoms with Gasteiger partial charge in [0.25, 0.3) is 0 Å². The molecule has 1 aliphatic carbocycles. The van der Waals surface area contributed by atoms with E-state index in [1.807, 2.05) is 24.3 Å². The van der Waals surface area contributed by atoms with Crippen LogP contribution in [0.15, 0.2) is 60.7 Å². The summed E-state index contributed by atoms with van der Waals surface area (Å²) < 4.78 is 0. The molecule has 3 heteroatoms. The minimum Gasteiger partial charge on any atom is -0.352 e. The fraction of sp³-hybridized carbons (Fsp3) is 0.316. The Kier molecular flexibility index (Phi) is 4.86. The van der Waals surface area contributed by atoms with Crippen molar-refractivity contribution in [3.05, 3.63) is 71.8 Å². The van der Waals surface area contributed by atoms with Crippen LogP contribution in [0.1, 0.15) is 30.0 Å². The predicted octanol–water partition coefficient (Wildman–Crippen LogP) is 2.84. The summed E-state index contributed by atoms with van der Waals surface area (Å²) in [5, 5.41) is 6.43.